The van der Waals surface area contributed by atoms with Gasteiger partial charge in [-0.2, -0.15) is 0 Å². The predicted octanol–water partition coefficient (Wildman–Crippen LogP) is 13.6. The number of hydrogen-bond donors (Lipinski definition) is 0. The Morgan fingerprint density at radius 2 is 0.827 bits per heavy atom. The summed E-state index contributed by atoms with van der Waals surface area (Å²) in [4.78, 5) is 37.6. The van der Waals surface area contributed by atoms with Gasteiger partial charge in [-0.05, 0) is 64.2 Å². The molecule has 1 unspecified atom stereocenters. The van der Waals surface area contributed by atoms with E-state index in [2.05, 4.69) is 69.4 Å². The Balaban J connectivity index is 4.40. The molecular weight excluding hydrogens is 648 g/mol. The Morgan fingerprint density at radius 3 is 1.35 bits per heavy atom. The van der Waals surface area contributed by atoms with Crippen LogP contribution in [0.15, 0.2) is 48.6 Å². The minimum Gasteiger partial charge on any atom is -0.462 e. The van der Waals surface area contributed by atoms with Crippen LogP contribution in [0.1, 0.15) is 207 Å². The molecule has 0 aliphatic carbocycles. The zero-order valence-electron chi connectivity index (χ0n) is 34.1. The average molecular weight is 729 g/mol. The second kappa shape index (κ2) is 41.1. The van der Waals surface area contributed by atoms with Crippen LogP contribution in [0, 0.1) is 0 Å². The van der Waals surface area contributed by atoms with Crippen LogP contribution in [-0.4, -0.2) is 37.2 Å². The topological polar surface area (TPSA) is 78.9 Å². The molecule has 0 saturated heterocycles. The van der Waals surface area contributed by atoms with Crippen molar-refractivity contribution >= 4 is 17.9 Å². The molecule has 6 nitrogen and oxygen atoms in total. The molecule has 0 radical (unpaired) electrons. The van der Waals surface area contributed by atoms with Gasteiger partial charge in [0, 0.05) is 19.3 Å². The molecule has 0 aromatic rings. The molecule has 0 bridgehead atoms. The van der Waals surface area contributed by atoms with Gasteiger partial charge in [0.05, 0.1) is 0 Å². The average Bonchev–Trinajstić information content (AvgIpc) is 3.14. The maximum absolute atomic E-state index is 12.6. The van der Waals surface area contributed by atoms with E-state index in [0.717, 1.165) is 89.9 Å². The van der Waals surface area contributed by atoms with Crippen LogP contribution < -0.4 is 0 Å². The number of hydrogen-bond acceptors (Lipinski definition) is 6. The number of rotatable bonds is 38. The molecule has 0 rings (SSSR count). The molecule has 1 atom stereocenters. The van der Waals surface area contributed by atoms with Crippen molar-refractivity contribution in [3.63, 3.8) is 0 Å². The summed E-state index contributed by atoms with van der Waals surface area (Å²) in [5.74, 6) is -0.929. The third kappa shape index (κ3) is 38.6. The van der Waals surface area contributed by atoms with E-state index < -0.39 is 6.10 Å². The van der Waals surface area contributed by atoms with Crippen LogP contribution in [0.4, 0.5) is 0 Å². The summed E-state index contributed by atoms with van der Waals surface area (Å²) in [6.07, 6.45) is 46.7. The lowest BCUT2D eigenvalue weighted by Gasteiger charge is -2.18. The van der Waals surface area contributed by atoms with E-state index in [9.17, 15) is 14.4 Å². The highest BCUT2D eigenvalue weighted by Gasteiger charge is 2.19. The van der Waals surface area contributed by atoms with Crippen molar-refractivity contribution in [1.29, 1.82) is 0 Å². The summed E-state index contributed by atoms with van der Waals surface area (Å²) < 4.78 is 16.6. The summed E-state index contributed by atoms with van der Waals surface area (Å²) in [7, 11) is 0. The maximum Gasteiger partial charge on any atom is 0.306 e. The number of unbranched alkanes of at least 4 members (excludes halogenated alkanes) is 20. The van der Waals surface area contributed by atoms with Gasteiger partial charge in [0.2, 0.25) is 0 Å². The lowest BCUT2D eigenvalue weighted by atomic mass is 10.1. The predicted molar refractivity (Wildman–Crippen MR) is 219 cm³/mol. The SMILES string of the molecule is CC/C=C\C/C=C\CCCCCCCCCC(=O)OCC(COC(=O)CCCCCCCCCCC)OC(=O)CCCCC/C=C\C=C/CCCC. The van der Waals surface area contributed by atoms with Crippen LogP contribution in [-0.2, 0) is 28.6 Å². The summed E-state index contributed by atoms with van der Waals surface area (Å²) in [6, 6.07) is 0. The van der Waals surface area contributed by atoms with Crippen molar-refractivity contribution < 1.29 is 28.6 Å². The van der Waals surface area contributed by atoms with Crippen molar-refractivity contribution in [2.75, 3.05) is 13.2 Å². The molecular formula is C46H80O6. The zero-order valence-corrected chi connectivity index (χ0v) is 34.1. The van der Waals surface area contributed by atoms with Crippen molar-refractivity contribution in [3.05, 3.63) is 48.6 Å². The van der Waals surface area contributed by atoms with E-state index in [-0.39, 0.29) is 31.1 Å². The van der Waals surface area contributed by atoms with Crippen molar-refractivity contribution in [2.45, 2.75) is 213 Å². The summed E-state index contributed by atoms with van der Waals surface area (Å²) in [5.41, 5.74) is 0. The summed E-state index contributed by atoms with van der Waals surface area (Å²) >= 11 is 0. The Kier molecular flexibility index (Phi) is 39.1. The molecule has 300 valence electrons. The molecule has 0 N–H and O–H groups in total. The number of carbonyl (C=O) groups excluding carboxylic acids is 3. The van der Waals surface area contributed by atoms with Crippen molar-refractivity contribution in [1.82, 2.24) is 0 Å². The monoisotopic (exact) mass is 729 g/mol. The van der Waals surface area contributed by atoms with Gasteiger partial charge < -0.3 is 14.2 Å². The minimum atomic E-state index is -0.784. The lowest BCUT2D eigenvalue weighted by molar-refractivity contribution is -0.167. The van der Waals surface area contributed by atoms with Crippen LogP contribution in [0.25, 0.3) is 0 Å². The highest BCUT2D eigenvalue weighted by molar-refractivity contribution is 5.71. The fourth-order valence-electron chi connectivity index (χ4n) is 5.81. The van der Waals surface area contributed by atoms with Gasteiger partial charge in [-0.15, -0.1) is 0 Å². The molecule has 6 heteroatoms. The number of esters is 3. The Labute approximate surface area is 320 Å². The Hall–Kier alpha value is -2.63. The molecule has 0 saturated carbocycles. The third-order valence-electron chi connectivity index (χ3n) is 9.10. The summed E-state index contributed by atoms with van der Waals surface area (Å²) in [5, 5.41) is 0. The number of allylic oxidation sites excluding steroid dienone is 8. The first-order valence-corrected chi connectivity index (χ1v) is 21.7. The van der Waals surface area contributed by atoms with E-state index in [0.29, 0.717) is 19.3 Å². The zero-order chi connectivity index (χ0) is 38.0. The van der Waals surface area contributed by atoms with Crippen LogP contribution >= 0.6 is 0 Å². The first-order chi connectivity index (χ1) is 25.5. The van der Waals surface area contributed by atoms with Gasteiger partial charge in [-0.3, -0.25) is 14.4 Å². The van der Waals surface area contributed by atoms with E-state index in [1.807, 2.05) is 0 Å². The number of ether oxygens (including phenoxy) is 3. The second-order valence-electron chi connectivity index (χ2n) is 14.3. The van der Waals surface area contributed by atoms with Gasteiger partial charge in [0.15, 0.2) is 6.10 Å². The molecule has 0 spiro atoms. The van der Waals surface area contributed by atoms with E-state index >= 15 is 0 Å². The Morgan fingerprint density at radius 1 is 0.423 bits per heavy atom. The van der Waals surface area contributed by atoms with Crippen LogP contribution in [0.3, 0.4) is 0 Å². The van der Waals surface area contributed by atoms with Gasteiger partial charge in [-0.25, -0.2) is 0 Å². The third-order valence-corrected chi connectivity index (χ3v) is 9.10. The van der Waals surface area contributed by atoms with Crippen LogP contribution in [0.5, 0.6) is 0 Å². The fourth-order valence-corrected chi connectivity index (χ4v) is 5.81. The largest absolute Gasteiger partial charge is 0.462 e. The molecule has 0 aromatic carbocycles. The normalized spacial score (nSPS) is 12.4. The molecule has 0 amide bonds. The molecule has 0 aromatic heterocycles. The van der Waals surface area contributed by atoms with Gasteiger partial charge in [0.25, 0.3) is 0 Å². The van der Waals surface area contributed by atoms with Gasteiger partial charge >= 0.3 is 17.9 Å². The van der Waals surface area contributed by atoms with E-state index in [1.165, 1.54) is 77.0 Å². The molecule has 0 aliphatic heterocycles. The molecule has 0 heterocycles. The smallest absolute Gasteiger partial charge is 0.306 e. The highest BCUT2D eigenvalue weighted by atomic mass is 16.6. The van der Waals surface area contributed by atoms with Crippen molar-refractivity contribution in [3.8, 4) is 0 Å². The van der Waals surface area contributed by atoms with Crippen LogP contribution in [0.2, 0.25) is 0 Å². The standard InChI is InChI=1S/C46H80O6/c1-4-7-10-13-16-19-21-22-23-25-27-30-33-36-39-45(48)51-42-43(41-50-44(47)38-35-32-29-26-18-15-12-9-6-3)52-46(49)40-37-34-31-28-24-20-17-14-11-8-5-2/h7,10,14,16-17,19-20,24,43H,4-6,8-9,11-13,15,18,21-23,25-42H2,1-3H3/b10-7-,17-14-,19-16-,24-20-. The summed E-state index contributed by atoms with van der Waals surface area (Å²) in [6.45, 7) is 6.41. The lowest BCUT2D eigenvalue weighted by Crippen LogP contribution is -2.30. The first kappa shape index (κ1) is 49.4. The van der Waals surface area contributed by atoms with E-state index in [1.54, 1.807) is 0 Å². The fraction of sp³-hybridized carbons (Fsp3) is 0.761. The first-order valence-electron chi connectivity index (χ1n) is 21.7. The van der Waals surface area contributed by atoms with Crippen molar-refractivity contribution in [2.24, 2.45) is 0 Å². The Bertz CT molecular complexity index is 933. The molecule has 0 fully saturated rings. The van der Waals surface area contributed by atoms with E-state index in [4.69, 9.17) is 14.2 Å². The quantitative estimate of drug-likeness (QED) is 0.0207. The highest BCUT2D eigenvalue weighted by Crippen LogP contribution is 2.13. The van der Waals surface area contributed by atoms with Gasteiger partial charge in [0.1, 0.15) is 13.2 Å². The van der Waals surface area contributed by atoms with Gasteiger partial charge in [-0.1, -0.05) is 172 Å². The minimum absolute atomic E-state index is 0.0858. The second-order valence-corrected chi connectivity index (χ2v) is 14.3. The number of carbonyl (C=O) groups is 3. The molecule has 52 heavy (non-hydrogen) atoms. The maximum atomic E-state index is 12.6. The molecule has 0 aliphatic rings.